The van der Waals surface area contributed by atoms with Gasteiger partial charge in [-0.25, -0.2) is 0 Å². The van der Waals surface area contributed by atoms with Crippen LogP contribution in [0.25, 0.3) is 0 Å². The van der Waals surface area contributed by atoms with Crippen LogP contribution >= 0.6 is 0 Å². The Labute approximate surface area is 150 Å². The number of hydrogen-bond donors (Lipinski definition) is 0. The molecule has 0 unspecified atom stereocenters. The molecule has 17 heteroatoms. The van der Waals surface area contributed by atoms with Crippen molar-refractivity contribution in [1.82, 2.24) is 0 Å². The SMILES string of the molecule is CC[Si](OC)(OC)OCC(F)(F)C(F)(F)C(F)(F)C(F)(F)C(F)(F)C(F)(F)F. The molecule has 0 fully saturated rings. The van der Waals surface area contributed by atoms with Gasteiger partial charge in [0.25, 0.3) is 0 Å². The molecule has 0 rings (SSSR count). The minimum absolute atomic E-state index is 0.402. The third kappa shape index (κ3) is 4.07. The smallest absolute Gasteiger partial charge is 0.377 e. The Hall–Kier alpha value is -0.813. The van der Waals surface area contributed by atoms with Crippen molar-refractivity contribution in [1.29, 1.82) is 0 Å². The standard InChI is InChI=1S/C11H13F13O3Si/c1-4-28(25-2,26-3)27-5-6(12,13)7(14,15)8(16,17)9(18,19)10(20,21)11(22,23)24/h4-5H2,1-3H3. The van der Waals surface area contributed by atoms with Crippen LogP contribution in [0, 0.1) is 0 Å². The van der Waals surface area contributed by atoms with Crippen LogP contribution in [0.4, 0.5) is 57.1 Å². The molecule has 0 aromatic rings. The molecule has 0 radical (unpaired) electrons. The summed E-state index contributed by atoms with van der Waals surface area (Å²) in [6, 6.07) is -0.402. The first-order valence-electron chi connectivity index (χ1n) is 6.84. The fraction of sp³-hybridized carbons (Fsp3) is 1.00. The molecule has 170 valence electrons. The molecule has 0 amide bonds. The van der Waals surface area contributed by atoms with E-state index in [0.717, 1.165) is 21.1 Å². The molecule has 0 N–H and O–H groups in total. The van der Waals surface area contributed by atoms with Crippen LogP contribution in [0.15, 0.2) is 0 Å². The number of rotatable bonds is 10. The molecule has 3 nitrogen and oxygen atoms in total. The van der Waals surface area contributed by atoms with E-state index in [9.17, 15) is 57.1 Å². The van der Waals surface area contributed by atoms with Gasteiger partial charge in [-0.1, -0.05) is 6.92 Å². The van der Waals surface area contributed by atoms with Gasteiger partial charge in [0.1, 0.15) is 6.61 Å². The Balaban J connectivity index is 6.05. The lowest BCUT2D eigenvalue weighted by molar-refractivity contribution is -0.441. The molecule has 0 atom stereocenters. The third-order valence-corrected chi connectivity index (χ3v) is 6.22. The van der Waals surface area contributed by atoms with Crippen LogP contribution in [0.1, 0.15) is 6.92 Å². The van der Waals surface area contributed by atoms with E-state index in [4.69, 9.17) is 0 Å². The van der Waals surface area contributed by atoms with Crippen molar-refractivity contribution >= 4 is 8.80 Å². The molecule has 0 saturated heterocycles. The van der Waals surface area contributed by atoms with Crippen LogP contribution in [0.5, 0.6) is 0 Å². The highest BCUT2D eigenvalue weighted by Crippen LogP contribution is 2.60. The Morgan fingerprint density at radius 3 is 1.25 bits per heavy atom. The first kappa shape index (κ1) is 27.2. The monoisotopic (exact) mass is 468 g/mol. The zero-order valence-electron chi connectivity index (χ0n) is 14.1. The van der Waals surface area contributed by atoms with E-state index >= 15 is 0 Å². The van der Waals surface area contributed by atoms with E-state index in [1.54, 1.807) is 0 Å². The minimum atomic E-state index is -7.94. The maximum atomic E-state index is 13.5. The van der Waals surface area contributed by atoms with Gasteiger partial charge < -0.3 is 13.3 Å². The zero-order chi connectivity index (χ0) is 23.0. The lowest BCUT2D eigenvalue weighted by Crippen LogP contribution is -2.70. The maximum Gasteiger partial charge on any atom is 0.500 e. The average molecular weight is 468 g/mol. The molecule has 0 saturated carbocycles. The number of hydrogen-bond acceptors (Lipinski definition) is 3. The van der Waals surface area contributed by atoms with Gasteiger partial charge in [-0.3, -0.25) is 0 Å². The van der Waals surface area contributed by atoms with Gasteiger partial charge in [-0.2, -0.15) is 57.1 Å². The number of halogens is 13. The normalized spacial score (nSPS) is 15.9. The first-order chi connectivity index (χ1) is 12.1. The van der Waals surface area contributed by atoms with Crippen LogP contribution in [0.3, 0.4) is 0 Å². The Kier molecular flexibility index (Phi) is 7.56. The molecule has 0 bridgehead atoms. The van der Waals surface area contributed by atoms with Crippen LogP contribution in [-0.2, 0) is 13.3 Å². The molecule has 0 aromatic carbocycles. The van der Waals surface area contributed by atoms with Gasteiger partial charge in [-0.15, -0.1) is 0 Å². The van der Waals surface area contributed by atoms with E-state index in [2.05, 4.69) is 13.3 Å². The second kappa shape index (κ2) is 7.79. The molecular weight excluding hydrogens is 455 g/mol. The van der Waals surface area contributed by atoms with E-state index in [0.29, 0.717) is 0 Å². The summed E-state index contributed by atoms with van der Waals surface area (Å²) in [4.78, 5) is 0. The second-order valence-corrected chi connectivity index (χ2v) is 8.41. The fourth-order valence-corrected chi connectivity index (χ4v) is 3.27. The first-order valence-corrected chi connectivity index (χ1v) is 8.77. The summed E-state index contributed by atoms with van der Waals surface area (Å²) in [7, 11) is -2.59. The highest BCUT2D eigenvalue weighted by atomic mass is 28.4. The summed E-state index contributed by atoms with van der Waals surface area (Å²) in [6.07, 6.45) is -7.45. The highest BCUT2D eigenvalue weighted by molar-refractivity contribution is 6.60. The molecular formula is C11H13F13O3Si. The second-order valence-electron chi connectivity index (χ2n) is 5.23. The summed E-state index contributed by atoms with van der Waals surface area (Å²) in [6.45, 7) is -1.65. The Morgan fingerprint density at radius 2 is 0.964 bits per heavy atom. The van der Waals surface area contributed by atoms with Crippen molar-refractivity contribution in [2.45, 2.75) is 48.8 Å². The predicted octanol–water partition coefficient (Wildman–Crippen LogP) is 4.99. The average Bonchev–Trinajstić information content (AvgIpc) is 2.54. The zero-order valence-corrected chi connectivity index (χ0v) is 15.1. The summed E-state index contributed by atoms with van der Waals surface area (Å²) < 4.78 is 181. The lowest BCUT2D eigenvalue weighted by atomic mass is 9.94. The predicted molar refractivity (Wildman–Crippen MR) is 67.0 cm³/mol. The van der Waals surface area contributed by atoms with Gasteiger partial charge in [0.05, 0.1) is 0 Å². The summed E-state index contributed by atoms with van der Waals surface area (Å²) >= 11 is 0. The molecule has 0 aliphatic carbocycles. The van der Waals surface area contributed by atoms with Gasteiger partial charge >= 0.3 is 44.6 Å². The van der Waals surface area contributed by atoms with Crippen molar-refractivity contribution in [3.63, 3.8) is 0 Å². The molecule has 0 spiro atoms. The van der Waals surface area contributed by atoms with Gasteiger partial charge in [0.15, 0.2) is 0 Å². The summed E-state index contributed by atoms with van der Waals surface area (Å²) in [5.74, 6) is -37.3. The lowest BCUT2D eigenvalue weighted by Gasteiger charge is -2.40. The Bertz CT molecular complexity index is 522. The van der Waals surface area contributed by atoms with Gasteiger partial charge in [-0.05, 0) is 0 Å². The van der Waals surface area contributed by atoms with Gasteiger partial charge in [0.2, 0.25) is 0 Å². The van der Waals surface area contributed by atoms with Crippen molar-refractivity contribution in [2.24, 2.45) is 0 Å². The number of alkyl halides is 13. The van der Waals surface area contributed by atoms with Crippen LogP contribution in [-0.4, -0.2) is 65.4 Å². The fourth-order valence-electron chi connectivity index (χ4n) is 1.69. The maximum absolute atomic E-state index is 13.5. The van der Waals surface area contributed by atoms with Crippen molar-refractivity contribution in [3.05, 3.63) is 0 Å². The minimum Gasteiger partial charge on any atom is -0.377 e. The molecule has 0 aliphatic heterocycles. The third-order valence-electron chi connectivity index (χ3n) is 3.53. The molecule has 28 heavy (non-hydrogen) atoms. The van der Waals surface area contributed by atoms with E-state index < -0.39 is 57.2 Å². The largest absolute Gasteiger partial charge is 0.500 e. The highest BCUT2D eigenvalue weighted by Gasteiger charge is 2.90. The van der Waals surface area contributed by atoms with Crippen LogP contribution in [0.2, 0.25) is 6.04 Å². The summed E-state index contributed by atoms with van der Waals surface area (Å²) in [5.41, 5.74) is 0. The van der Waals surface area contributed by atoms with E-state index in [1.807, 2.05) is 0 Å². The van der Waals surface area contributed by atoms with Gasteiger partial charge in [0, 0.05) is 20.3 Å². The molecule has 0 aliphatic rings. The van der Waals surface area contributed by atoms with Crippen molar-refractivity contribution in [3.8, 4) is 0 Å². The van der Waals surface area contributed by atoms with E-state index in [1.165, 1.54) is 0 Å². The van der Waals surface area contributed by atoms with Crippen LogP contribution < -0.4 is 0 Å². The van der Waals surface area contributed by atoms with Crippen molar-refractivity contribution in [2.75, 3.05) is 20.8 Å². The quantitative estimate of drug-likeness (QED) is 0.334. The Morgan fingerprint density at radius 1 is 0.607 bits per heavy atom. The van der Waals surface area contributed by atoms with E-state index in [-0.39, 0.29) is 0 Å². The topological polar surface area (TPSA) is 27.7 Å². The summed E-state index contributed by atoms with van der Waals surface area (Å²) in [5, 5.41) is 0. The molecule has 0 heterocycles. The van der Waals surface area contributed by atoms with Crippen molar-refractivity contribution < 1.29 is 70.4 Å². The molecule has 0 aromatic heterocycles.